The van der Waals surface area contributed by atoms with Crippen molar-refractivity contribution < 1.29 is 17.9 Å². The second-order valence-corrected chi connectivity index (χ2v) is 4.97. The molecule has 0 aliphatic carbocycles. The molecule has 0 fully saturated rings. The Labute approximate surface area is 135 Å². The van der Waals surface area contributed by atoms with E-state index in [9.17, 15) is 13.2 Å². The van der Waals surface area contributed by atoms with Crippen LogP contribution in [0.5, 0.6) is 5.75 Å². The van der Waals surface area contributed by atoms with Crippen molar-refractivity contribution in [3.63, 3.8) is 0 Å². The summed E-state index contributed by atoms with van der Waals surface area (Å²) in [7, 11) is 1.54. The molecule has 8 heteroatoms. The van der Waals surface area contributed by atoms with Gasteiger partial charge in [0, 0.05) is 11.8 Å². The number of benzene rings is 1. The van der Waals surface area contributed by atoms with Crippen LogP contribution in [0.4, 0.5) is 19.0 Å². The van der Waals surface area contributed by atoms with Crippen LogP contribution in [-0.2, 0) is 6.18 Å². The molecule has 0 radical (unpaired) electrons. The molecule has 1 aromatic heterocycles. The fraction of sp³-hybridized carbons (Fsp3) is 0.200. The summed E-state index contributed by atoms with van der Waals surface area (Å²) in [6.07, 6.45) is -3.80. The summed E-state index contributed by atoms with van der Waals surface area (Å²) >= 11 is 5.80. The summed E-state index contributed by atoms with van der Waals surface area (Å²) < 4.78 is 42.9. The van der Waals surface area contributed by atoms with Crippen LogP contribution in [0.2, 0.25) is 5.02 Å². The van der Waals surface area contributed by atoms with Gasteiger partial charge in [-0.3, -0.25) is 5.43 Å². The van der Waals surface area contributed by atoms with Crippen molar-refractivity contribution in [1.82, 2.24) is 4.98 Å². The average Bonchev–Trinajstić information content (AvgIpc) is 2.52. The molecule has 0 saturated heterocycles. The molecular formula is C15H13ClF3N3O. The van der Waals surface area contributed by atoms with E-state index in [0.29, 0.717) is 17.7 Å². The second kappa shape index (κ2) is 6.87. The van der Waals surface area contributed by atoms with E-state index >= 15 is 0 Å². The summed E-state index contributed by atoms with van der Waals surface area (Å²) in [5, 5.41) is 3.91. The minimum Gasteiger partial charge on any atom is -0.496 e. The third-order valence-corrected chi connectivity index (χ3v) is 3.28. The first-order valence-corrected chi connectivity index (χ1v) is 6.87. The normalized spacial score (nSPS) is 12.2. The number of alkyl halides is 3. The number of hydrazone groups is 1. The van der Waals surface area contributed by atoms with E-state index in [1.54, 1.807) is 19.1 Å². The van der Waals surface area contributed by atoms with Gasteiger partial charge in [0.15, 0.2) is 5.82 Å². The smallest absolute Gasteiger partial charge is 0.417 e. The summed E-state index contributed by atoms with van der Waals surface area (Å²) in [6, 6.07) is 8.02. The van der Waals surface area contributed by atoms with Crippen LogP contribution in [0, 0.1) is 0 Å². The maximum Gasteiger partial charge on any atom is 0.417 e. The van der Waals surface area contributed by atoms with Gasteiger partial charge in [-0.15, -0.1) is 0 Å². The van der Waals surface area contributed by atoms with Crippen molar-refractivity contribution in [3.8, 4) is 5.75 Å². The molecule has 0 amide bonds. The Hall–Kier alpha value is -2.28. The van der Waals surface area contributed by atoms with Gasteiger partial charge < -0.3 is 4.74 Å². The minimum absolute atomic E-state index is 0.0360. The molecule has 1 aromatic carbocycles. The summed E-state index contributed by atoms with van der Waals surface area (Å²) in [5.74, 6) is 0.663. The zero-order valence-electron chi connectivity index (χ0n) is 12.3. The Morgan fingerprint density at radius 1 is 1.30 bits per heavy atom. The highest BCUT2D eigenvalue weighted by Crippen LogP contribution is 2.32. The van der Waals surface area contributed by atoms with Crippen LogP contribution in [-0.4, -0.2) is 17.8 Å². The number of aromatic nitrogens is 1. The zero-order chi connectivity index (χ0) is 17.0. The van der Waals surface area contributed by atoms with E-state index in [1.165, 1.54) is 7.11 Å². The van der Waals surface area contributed by atoms with Crippen molar-refractivity contribution in [2.75, 3.05) is 12.5 Å². The molecule has 0 aliphatic rings. The first-order valence-electron chi connectivity index (χ1n) is 6.49. The maximum atomic E-state index is 12.6. The number of methoxy groups -OCH3 is 1. The summed E-state index contributed by atoms with van der Waals surface area (Å²) in [6.45, 7) is 1.73. The highest BCUT2D eigenvalue weighted by molar-refractivity contribution is 6.33. The molecule has 1 N–H and O–H groups in total. The number of rotatable bonds is 4. The molecule has 0 bridgehead atoms. The number of nitrogens with one attached hydrogen (secondary N) is 1. The maximum absolute atomic E-state index is 12.6. The molecule has 0 spiro atoms. The number of pyridine rings is 1. The Bertz CT molecular complexity index is 732. The minimum atomic E-state index is -4.49. The molecule has 0 unspecified atom stereocenters. The van der Waals surface area contributed by atoms with E-state index < -0.39 is 11.7 Å². The topological polar surface area (TPSA) is 46.5 Å². The molecule has 4 nitrogen and oxygen atoms in total. The average molecular weight is 344 g/mol. The van der Waals surface area contributed by atoms with Gasteiger partial charge in [0.2, 0.25) is 0 Å². The highest BCUT2D eigenvalue weighted by atomic mass is 35.5. The van der Waals surface area contributed by atoms with Gasteiger partial charge in [-0.1, -0.05) is 23.7 Å². The molecular weight excluding hydrogens is 331 g/mol. The fourth-order valence-electron chi connectivity index (χ4n) is 1.82. The quantitative estimate of drug-likeness (QED) is 0.652. The van der Waals surface area contributed by atoms with Crippen molar-refractivity contribution in [1.29, 1.82) is 0 Å². The van der Waals surface area contributed by atoms with E-state index in [1.807, 2.05) is 12.1 Å². The lowest BCUT2D eigenvalue weighted by Crippen LogP contribution is -2.07. The van der Waals surface area contributed by atoms with E-state index in [-0.39, 0.29) is 10.8 Å². The van der Waals surface area contributed by atoms with Gasteiger partial charge in [0.05, 0.1) is 23.4 Å². The summed E-state index contributed by atoms with van der Waals surface area (Å²) in [5.41, 5.74) is 2.96. The number of anilines is 1. The molecule has 1 heterocycles. The number of ether oxygens (including phenoxy) is 1. The second-order valence-electron chi connectivity index (χ2n) is 4.56. The molecule has 0 aliphatic heterocycles. The van der Waals surface area contributed by atoms with Gasteiger partial charge in [-0.05, 0) is 25.1 Å². The molecule has 2 rings (SSSR count). The Balaban J connectivity index is 2.23. The first kappa shape index (κ1) is 17.1. The highest BCUT2D eigenvalue weighted by Gasteiger charge is 2.31. The van der Waals surface area contributed by atoms with Crippen molar-refractivity contribution >= 4 is 23.1 Å². The van der Waals surface area contributed by atoms with E-state index in [2.05, 4.69) is 15.5 Å². The number of halogens is 4. The molecule has 122 valence electrons. The lowest BCUT2D eigenvalue weighted by atomic mass is 10.1. The van der Waals surface area contributed by atoms with Gasteiger partial charge in [0.1, 0.15) is 5.75 Å². The number of nitrogens with zero attached hydrogens (tertiary/aromatic N) is 2. The lowest BCUT2D eigenvalue weighted by molar-refractivity contribution is -0.137. The molecule has 23 heavy (non-hydrogen) atoms. The monoisotopic (exact) mass is 343 g/mol. The van der Waals surface area contributed by atoms with Crippen LogP contribution in [0.1, 0.15) is 18.1 Å². The zero-order valence-corrected chi connectivity index (χ0v) is 13.0. The van der Waals surface area contributed by atoms with Gasteiger partial charge >= 0.3 is 6.18 Å². The predicted octanol–water partition coefficient (Wildman–Crippen LogP) is 4.60. The molecule has 2 aromatic rings. The number of hydrogen-bond acceptors (Lipinski definition) is 4. The number of hydrogen-bond donors (Lipinski definition) is 1. The van der Waals surface area contributed by atoms with Crippen LogP contribution >= 0.6 is 11.6 Å². The Morgan fingerprint density at radius 3 is 2.61 bits per heavy atom. The number of para-hydroxylation sites is 1. The molecule has 0 saturated carbocycles. The first-order chi connectivity index (χ1) is 10.8. The SMILES string of the molecule is COc1ccccc1C(C)=NNc1ncc(C(F)(F)F)cc1Cl. The van der Waals surface area contributed by atoms with E-state index in [4.69, 9.17) is 16.3 Å². The van der Waals surface area contributed by atoms with Crippen molar-refractivity contribution in [3.05, 3.63) is 52.7 Å². The third-order valence-electron chi connectivity index (χ3n) is 2.99. The predicted molar refractivity (Wildman–Crippen MR) is 83.1 cm³/mol. The standard InChI is InChI=1S/C15H13ClF3N3O/c1-9(11-5-3-4-6-13(11)23-2)21-22-14-12(16)7-10(8-20-14)15(17,18)19/h3-8H,1-2H3,(H,20,22). The summed E-state index contributed by atoms with van der Waals surface area (Å²) in [4.78, 5) is 3.65. The Morgan fingerprint density at radius 2 is 2.00 bits per heavy atom. The fourth-order valence-corrected chi connectivity index (χ4v) is 2.02. The Kier molecular flexibility index (Phi) is 5.10. The van der Waals surface area contributed by atoms with Crippen molar-refractivity contribution in [2.45, 2.75) is 13.1 Å². The van der Waals surface area contributed by atoms with E-state index in [0.717, 1.165) is 11.6 Å². The van der Waals surface area contributed by atoms with Crippen molar-refractivity contribution in [2.24, 2.45) is 5.10 Å². The van der Waals surface area contributed by atoms with Crippen LogP contribution < -0.4 is 10.2 Å². The third kappa shape index (κ3) is 4.13. The van der Waals surface area contributed by atoms with Crippen LogP contribution in [0.25, 0.3) is 0 Å². The van der Waals surface area contributed by atoms with Gasteiger partial charge in [-0.25, -0.2) is 4.98 Å². The largest absolute Gasteiger partial charge is 0.496 e. The molecule has 0 atom stereocenters. The van der Waals surface area contributed by atoms with Gasteiger partial charge in [0.25, 0.3) is 0 Å². The lowest BCUT2D eigenvalue weighted by Gasteiger charge is -2.10. The van der Waals surface area contributed by atoms with Crippen LogP contribution in [0.3, 0.4) is 0 Å². The van der Waals surface area contributed by atoms with Crippen LogP contribution in [0.15, 0.2) is 41.6 Å². The van der Waals surface area contributed by atoms with Gasteiger partial charge in [-0.2, -0.15) is 18.3 Å².